The molecule has 1 unspecified atom stereocenters. The summed E-state index contributed by atoms with van der Waals surface area (Å²) in [4.78, 5) is 0. The highest BCUT2D eigenvalue weighted by Gasteiger charge is 1.89. The average molecular weight is 121 g/mol. The largest absolute Gasteiger partial charge is 0.240 e. The normalized spacial score (nSPS) is 14.3. The number of hydrogen-bond acceptors (Lipinski definition) is 0. The monoisotopic (exact) mass is 120 g/mol. The van der Waals surface area contributed by atoms with E-state index in [0.717, 1.165) is 16.3 Å². The molecule has 6 heavy (non-hydrogen) atoms. The Kier molecular flexibility index (Phi) is 4.54. The molecule has 0 N–H and O–H groups in total. The van der Waals surface area contributed by atoms with Gasteiger partial charge in [-0.2, -0.15) is 0 Å². The number of rotatable bonds is 2. The minimum Gasteiger partial charge on any atom is -0.140 e. The van der Waals surface area contributed by atoms with Crippen LogP contribution in [0.5, 0.6) is 0 Å². The van der Waals surface area contributed by atoms with Gasteiger partial charge in [0.1, 0.15) is 0 Å². The molecule has 0 aromatic heterocycles. The van der Waals surface area contributed by atoms with Crippen molar-refractivity contribution in [2.45, 2.75) is 24.0 Å². The average Bonchev–Trinajstić information content (AvgIpc) is 1.35. The van der Waals surface area contributed by atoms with Crippen molar-refractivity contribution in [3.05, 3.63) is 0 Å². The van der Waals surface area contributed by atoms with Crippen LogP contribution in [0.25, 0.3) is 0 Å². The molecule has 0 aromatic carbocycles. The van der Waals surface area contributed by atoms with Crippen LogP contribution in [0.2, 0.25) is 0 Å². The number of hydrogen-bond donors (Lipinski definition) is 0. The Morgan fingerprint density at radius 1 is 1.83 bits per heavy atom. The lowest BCUT2D eigenvalue weighted by atomic mass is 10.4. The Hall–Kier alpha value is 0.822. The molecule has 0 rings (SSSR count). The highest BCUT2D eigenvalue weighted by atomic mass is 35.5. The molecule has 0 aliphatic carbocycles. The van der Waals surface area contributed by atoms with Crippen LogP contribution in [0.3, 0.4) is 0 Å². The molecule has 0 aromatic rings. The second-order valence-corrected chi connectivity index (χ2v) is 4.44. The van der Waals surface area contributed by atoms with E-state index in [-0.39, 0.29) is 0 Å². The summed E-state index contributed by atoms with van der Waals surface area (Å²) in [6.45, 7) is 2.16. The van der Waals surface area contributed by atoms with E-state index in [9.17, 15) is 0 Å². The molecule has 0 spiro atoms. The van der Waals surface area contributed by atoms with Crippen molar-refractivity contribution in [3.63, 3.8) is 0 Å². The Labute approximate surface area is 52.3 Å². The molecule has 0 saturated heterocycles. The summed E-state index contributed by atoms with van der Waals surface area (Å²) >= 11 is 6.78. The summed E-state index contributed by atoms with van der Waals surface area (Å²) in [5.41, 5.74) is 0. The van der Waals surface area contributed by atoms with Crippen LogP contribution in [0.4, 0.5) is 0 Å². The first-order chi connectivity index (χ1) is 2.77. The minimum absolute atomic E-state index is 0.509. The lowest BCUT2D eigenvalue weighted by Crippen LogP contribution is -1.93. The third-order valence-corrected chi connectivity index (χ3v) is 1.48. The molecule has 2 heteroatoms. The van der Waals surface area contributed by atoms with Gasteiger partial charge in [-0.3, -0.25) is 0 Å². The Balaban J connectivity index is 2.63. The van der Waals surface area contributed by atoms with Gasteiger partial charge in [-0.1, -0.05) is 19.8 Å². The van der Waals surface area contributed by atoms with Crippen LogP contribution >= 0.6 is 11.6 Å². The van der Waals surface area contributed by atoms with Crippen LogP contribution in [0, 0.1) is 0 Å². The van der Waals surface area contributed by atoms with Gasteiger partial charge in [0.25, 0.3) is 0 Å². The smallest absolute Gasteiger partial charge is 0.140 e. The van der Waals surface area contributed by atoms with Gasteiger partial charge in [-0.05, 0) is 4.24 Å². The third kappa shape index (κ3) is 4.82. The Bertz CT molecular complexity index is 28.7. The zero-order valence-electron chi connectivity index (χ0n) is 4.37. The van der Waals surface area contributed by atoms with E-state index >= 15 is 0 Å². The molecule has 0 nitrogen and oxygen atoms in total. The molecular formula is C4H10AlCl. The summed E-state index contributed by atoms with van der Waals surface area (Å²) in [6, 6.07) is 0. The minimum atomic E-state index is 0.509. The Morgan fingerprint density at radius 3 is 2.33 bits per heavy atom. The molecule has 0 bridgehead atoms. The molecule has 0 saturated carbocycles. The SMILES string of the molecule is CCC[CH]([AlH2])Cl. The van der Waals surface area contributed by atoms with Gasteiger partial charge in [-0.15, -0.1) is 11.6 Å². The molecule has 0 heterocycles. The third-order valence-electron chi connectivity index (χ3n) is 0.686. The van der Waals surface area contributed by atoms with Crippen LogP contribution in [-0.2, 0) is 0 Å². The van der Waals surface area contributed by atoms with Crippen LogP contribution < -0.4 is 0 Å². The number of halogens is 1. The topological polar surface area (TPSA) is 0 Å². The fourth-order valence-electron chi connectivity index (χ4n) is 0.398. The fourth-order valence-corrected chi connectivity index (χ4v) is 1.19. The maximum atomic E-state index is 5.64. The van der Waals surface area contributed by atoms with E-state index in [0.29, 0.717) is 4.24 Å². The molecule has 0 amide bonds. The van der Waals surface area contributed by atoms with Crippen molar-refractivity contribution in [2.75, 3.05) is 0 Å². The van der Waals surface area contributed by atoms with Crippen molar-refractivity contribution < 1.29 is 0 Å². The standard InChI is InChI=1S/C4H8Cl.Al.2H/c1-2-3-4-5;;;/h4H,2-3H2,1H3;;;. The van der Waals surface area contributed by atoms with Gasteiger partial charge in [0.15, 0.2) is 0 Å². The van der Waals surface area contributed by atoms with E-state index in [1.807, 2.05) is 0 Å². The van der Waals surface area contributed by atoms with Crippen molar-refractivity contribution in [3.8, 4) is 0 Å². The first-order valence-corrected chi connectivity index (χ1v) is 4.00. The lowest BCUT2D eigenvalue weighted by molar-refractivity contribution is 0.859. The zero-order chi connectivity index (χ0) is 4.99. The van der Waals surface area contributed by atoms with Crippen LogP contribution in [0.15, 0.2) is 0 Å². The Morgan fingerprint density at radius 2 is 2.33 bits per heavy atom. The highest BCUT2D eigenvalue weighted by molar-refractivity contribution is 6.40. The summed E-state index contributed by atoms with van der Waals surface area (Å²) in [6.07, 6.45) is 2.44. The van der Waals surface area contributed by atoms with Gasteiger partial charge in [0.2, 0.25) is 16.3 Å². The van der Waals surface area contributed by atoms with Gasteiger partial charge >= 0.3 is 0 Å². The van der Waals surface area contributed by atoms with E-state index in [4.69, 9.17) is 11.6 Å². The van der Waals surface area contributed by atoms with Gasteiger partial charge < -0.3 is 0 Å². The summed E-state index contributed by atoms with van der Waals surface area (Å²) in [7, 11) is 0. The summed E-state index contributed by atoms with van der Waals surface area (Å²) in [5.74, 6) is 0. The first kappa shape index (κ1) is 6.82. The van der Waals surface area contributed by atoms with Gasteiger partial charge in [-0.25, -0.2) is 0 Å². The van der Waals surface area contributed by atoms with Crippen LogP contribution in [-0.4, -0.2) is 20.5 Å². The van der Waals surface area contributed by atoms with Crippen molar-refractivity contribution in [1.82, 2.24) is 0 Å². The van der Waals surface area contributed by atoms with Crippen molar-refractivity contribution in [2.24, 2.45) is 0 Å². The maximum Gasteiger partial charge on any atom is 0.240 e. The maximum absolute atomic E-state index is 5.64. The molecule has 0 aliphatic rings. The predicted molar refractivity (Wildman–Crippen MR) is 33.1 cm³/mol. The second kappa shape index (κ2) is 3.99. The van der Waals surface area contributed by atoms with E-state index < -0.39 is 0 Å². The lowest BCUT2D eigenvalue weighted by Gasteiger charge is -1.93. The number of alkyl halides is 1. The second-order valence-electron chi connectivity index (χ2n) is 1.57. The first-order valence-electron chi connectivity index (χ1n) is 2.41. The predicted octanol–water partition coefficient (Wildman–Crippen LogP) is 0.984. The molecule has 1 atom stereocenters. The zero-order valence-corrected chi connectivity index (χ0v) is 7.13. The van der Waals surface area contributed by atoms with Gasteiger partial charge in [0.05, 0.1) is 0 Å². The van der Waals surface area contributed by atoms with Crippen molar-refractivity contribution in [1.29, 1.82) is 0 Å². The van der Waals surface area contributed by atoms with E-state index in [1.54, 1.807) is 0 Å². The van der Waals surface area contributed by atoms with Crippen LogP contribution in [0.1, 0.15) is 19.8 Å². The summed E-state index contributed by atoms with van der Waals surface area (Å²) in [5, 5.41) is 0. The molecular weight excluding hydrogens is 110 g/mol. The fraction of sp³-hybridized carbons (Fsp3) is 1.00. The van der Waals surface area contributed by atoms with Crippen molar-refractivity contribution >= 4 is 27.9 Å². The van der Waals surface area contributed by atoms with E-state index in [1.165, 1.54) is 12.8 Å². The molecule has 36 valence electrons. The summed E-state index contributed by atoms with van der Waals surface area (Å²) < 4.78 is 0.509. The van der Waals surface area contributed by atoms with E-state index in [2.05, 4.69) is 6.92 Å². The molecule has 0 aliphatic heterocycles. The molecule has 0 fully saturated rings. The quantitative estimate of drug-likeness (QED) is 0.377. The van der Waals surface area contributed by atoms with Gasteiger partial charge in [0, 0.05) is 0 Å². The molecule has 0 radical (unpaired) electrons. The highest BCUT2D eigenvalue weighted by Crippen LogP contribution is 1.97.